The molecule has 0 amide bonds. The fraction of sp³-hybridized carbons (Fsp3) is 0. The zero-order chi connectivity index (χ0) is 0. The average Bonchev–Trinajstić information content (AvgIpc) is 0. The molecule has 0 aromatic heterocycles. The molecule has 0 saturated heterocycles. The minimum absolute atomic E-state index is 0. The predicted octanol–water partition coefficient (Wildman–Crippen LogP) is -1.84. The zero-order valence-electron chi connectivity index (χ0n) is 2.34. The van der Waals surface area contributed by atoms with Crippen molar-refractivity contribution in [2.75, 3.05) is 0 Å². The molecule has 0 fully saturated rings. The summed E-state index contributed by atoms with van der Waals surface area (Å²) in [6.45, 7) is 0. The standard InChI is InChI=1S/B.Co.Cr.Cu.Mo.Ni.H4Si/h;;;;;;1H4. The fourth-order valence-electron chi connectivity index (χ4n) is 0. The number of hydrogen-bond donors (Lipinski definition) is 0. The second-order valence-corrected chi connectivity index (χ2v) is 0. The Morgan fingerprint density at radius 1 is 1.00 bits per heavy atom. The maximum atomic E-state index is 0. The van der Waals surface area contributed by atoms with Gasteiger partial charge in [-0.05, 0) is 11.0 Å². The molecule has 0 unspecified atom stereocenters. The van der Waals surface area contributed by atoms with Crippen molar-refractivity contribution >= 4 is 19.4 Å². The molecule has 0 atom stereocenters. The summed E-state index contributed by atoms with van der Waals surface area (Å²) in [6, 6.07) is 0. The molecule has 53 valence electrons. The van der Waals surface area contributed by atoms with Crippen LogP contribution in [-0.4, -0.2) is 19.4 Å². The van der Waals surface area contributed by atoms with Crippen molar-refractivity contribution in [1.29, 1.82) is 0 Å². The molecule has 0 nitrogen and oxygen atoms in total. The Hall–Kier alpha value is 3.02. The Bertz CT molecular complexity index is 19.7. The zero-order valence-corrected chi connectivity index (χ0v) is 8.60. The van der Waals surface area contributed by atoms with E-state index < -0.39 is 0 Å². The fourth-order valence-corrected chi connectivity index (χ4v) is 0. The SMILES string of the molecule is [B].[Co].[Cr].[Cu].[Mo].[Ni].[SiH4]. The second kappa shape index (κ2) is 63.6. The van der Waals surface area contributed by atoms with Crippen molar-refractivity contribution in [3.8, 4) is 0 Å². The van der Waals surface area contributed by atoms with E-state index in [0.717, 1.165) is 0 Å². The molecular formula is H4BCoCrCuMoNiSi. The molecule has 0 saturated carbocycles. The van der Waals surface area contributed by atoms with Gasteiger partial charge in [0.25, 0.3) is 0 Å². The van der Waals surface area contributed by atoms with Gasteiger partial charge in [0, 0.05) is 97.2 Å². The summed E-state index contributed by atoms with van der Waals surface area (Å²) >= 11 is 0. The third-order valence-corrected chi connectivity index (χ3v) is 0. The Morgan fingerprint density at radius 2 is 1.00 bits per heavy atom. The molecule has 5 radical (unpaired) electrons. The van der Waals surface area contributed by atoms with Gasteiger partial charge in [0.2, 0.25) is 0 Å². The quantitative estimate of drug-likeness (QED) is 0.439. The van der Waals surface area contributed by atoms with Crippen LogP contribution in [0.5, 0.6) is 0 Å². The van der Waals surface area contributed by atoms with Crippen LogP contribution in [0.1, 0.15) is 0 Å². The second-order valence-electron chi connectivity index (χ2n) is 0. The van der Waals surface area contributed by atoms with E-state index >= 15 is 0 Å². The molecule has 0 N–H and O–H groups in total. The van der Waals surface area contributed by atoms with E-state index in [1.165, 1.54) is 0 Å². The van der Waals surface area contributed by atoms with Crippen molar-refractivity contribution in [3.05, 3.63) is 0 Å². The van der Waals surface area contributed by atoms with Crippen molar-refractivity contribution in [2.24, 2.45) is 0 Å². The predicted molar refractivity (Wildman–Crippen MR) is 17.1 cm³/mol. The van der Waals surface area contributed by atoms with Gasteiger partial charge in [-0.25, -0.2) is 0 Å². The van der Waals surface area contributed by atoms with E-state index in [1.54, 1.807) is 0 Å². The molecule has 0 spiro atoms. The van der Waals surface area contributed by atoms with Crippen LogP contribution < -0.4 is 0 Å². The summed E-state index contributed by atoms with van der Waals surface area (Å²) in [5.74, 6) is 0. The normalized spacial score (nSPS) is 0. The third-order valence-electron chi connectivity index (χ3n) is 0. The van der Waals surface area contributed by atoms with Crippen LogP contribution in [0.4, 0.5) is 0 Å². The van der Waals surface area contributed by atoms with E-state index in [1.807, 2.05) is 0 Å². The van der Waals surface area contributed by atoms with Crippen molar-refractivity contribution in [2.45, 2.75) is 0 Å². The van der Waals surface area contributed by atoms with Gasteiger partial charge in [0.1, 0.15) is 0 Å². The molecule has 7 heteroatoms. The molecule has 0 aliphatic heterocycles. The minimum atomic E-state index is 0. The van der Waals surface area contributed by atoms with Crippen molar-refractivity contribution in [3.63, 3.8) is 0 Å². The largest absolute Gasteiger partial charge is 0.0149 e. The Labute approximate surface area is 107 Å². The van der Waals surface area contributed by atoms with E-state index in [2.05, 4.69) is 0 Å². The smallest absolute Gasteiger partial charge is 0 e. The van der Waals surface area contributed by atoms with Gasteiger partial charge in [0.15, 0.2) is 0 Å². The molecule has 7 heavy (non-hydrogen) atoms. The van der Waals surface area contributed by atoms with Crippen LogP contribution in [0.25, 0.3) is 0 Å². The maximum Gasteiger partial charge on any atom is 0 e. The summed E-state index contributed by atoms with van der Waals surface area (Å²) in [4.78, 5) is 0. The van der Waals surface area contributed by atoms with Crippen LogP contribution in [0.15, 0.2) is 0 Å². The molecule has 0 aromatic rings. The monoisotopic (exact) mass is 373 g/mol. The first kappa shape index (κ1) is 89.3. The number of rotatable bonds is 0. The van der Waals surface area contributed by atoms with Crippen LogP contribution in [0, 0.1) is 0 Å². The van der Waals surface area contributed by atoms with Gasteiger partial charge in [-0.15, -0.1) is 0 Å². The Kier molecular flexibility index (Phi) is 811. The van der Waals surface area contributed by atoms with Gasteiger partial charge < -0.3 is 0 Å². The van der Waals surface area contributed by atoms with E-state index in [9.17, 15) is 0 Å². The molecule has 0 heterocycles. The maximum absolute atomic E-state index is 0. The van der Waals surface area contributed by atoms with Gasteiger partial charge in [-0.3, -0.25) is 0 Å². The van der Waals surface area contributed by atoms with E-state index in [-0.39, 0.29) is 108 Å². The first-order valence-corrected chi connectivity index (χ1v) is 0. The summed E-state index contributed by atoms with van der Waals surface area (Å²) in [6.07, 6.45) is 0. The summed E-state index contributed by atoms with van der Waals surface area (Å²) in [5.41, 5.74) is 0. The molecular weight excluding hydrogens is 368 g/mol. The van der Waals surface area contributed by atoms with E-state index in [0.29, 0.717) is 0 Å². The van der Waals surface area contributed by atoms with Crippen LogP contribution in [0.2, 0.25) is 0 Å². The summed E-state index contributed by atoms with van der Waals surface area (Å²) in [5, 5.41) is 0. The number of hydrogen-bond acceptors (Lipinski definition) is 0. The first-order valence-electron chi connectivity index (χ1n) is 0. The van der Waals surface area contributed by atoms with Crippen LogP contribution >= 0.6 is 0 Å². The van der Waals surface area contributed by atoms with Crippen LogP contribution in [0.3, 0.4) is 0 Å². The van der Waals surface area contributed by atoms with Gasteiger partial charge in [0.05, 0.1) is 0 Å². The molecule has 0 aliphatic rings. The Morgan fingerprint density at radius 3 is 1.00 bits per heavy atom. The van der Waals surface area contributed by atoms with Crippen molar-refractivity contribution in [1.82, 2.24) is 0 Å². The van der Waals surface area contributed by atoms with Crippen LogP contribution in [-0.2, 0) is 88.8 Å². The Balaban J connectivity index is 0. The molecule has 0 rings (SSSR count). The average molecular weight is 372 g/mol. The molecule has 0 aromatic carbocycles. The minimum Gasteiger partial charge on any atom is -0.0149 e. The summed E-state index contributed by atoms with van der Waals surface area (Å²) in [7, 11) is 0. The van der Waals surface area contributed by atoms with E-state index in [4.69, 9.17) is 0 Å². The molecule has 0 aliphatic carbocycles. The van der Waals surface area contributed by atoms with Gasteiger partial charge in [-0.1, -0.05) is 0 Å². The third kappa shape index (κ3) is 48.7. The van der Waals surface area contributed by atoms with Gasteiger partial charge >= 0.3 is 0 Å². The molecule has 0 bridgehead atoms. The first-order chi connectivity index (χ1) is 0. The van der Waals surface area contributed by atoms with Gasteiger partial charge in [-0.2, -0.15) is 0 Å². The van der Waals surface area contributed by atoms with Crippen molar-refractivity contribution < 1.29 is 88.8 Å². The topological polar surface area (TPSA) is 0 Å². The summed E-state index contributed by atoms with van der Waals surface area (Å²) < 4.78 is 0.